The average Bonchev–Trinajstić information content (AvgIpc) is 3.19. The van der Waals surface area contributed by atoms with Gasteiger partial charge in [-0.3, -0.25) is 14.5 Å². The Morgan fingerprint density at radius 3 is 2.18 bits per heavy atom. The van der Waals surface area contributed by atoms with Crippen LogP contribution in [-0.2, 0) is 9.59 Å². The van der Waals surface area contributed by atoms with Gasteiger partial charge in [-0.2, -0.15) is 0 Å². The molecule has 0 spiro atoms. The van der Waals surface area contributed by atoms with Crippen molar-refractivity contribution < 1.29 is 14.7 Å². The number of hydrogen-bond acceptors (Lipinski definition) is 5. The summed E-state index contributed by atoms with van der Waals surface area (Å²) in [6, 6.07) is 17.3. The minimum atomic E-state index is -0.730. The van der Waals surface area contributed by atoms with E-state index in [1.165, 1.54) is 16.2 Å². The van der Waals surface area contributed by atoms with Gasteiger partial charge in [0, 0.05) is 10.4 Å². The molecule has 2 heterocycles. The first-order chi connectivity index (χ1) is 13.5. The molecular formula is C22H18N2O3S. The summed E-state index contributed by atoms with van der Waals surface area (Å²) in [7, 11) is 0. The molecule has 4 rings (SSSR count). The van der Waals surface area contributed by atoms with Crippen LogP contribution in [0.1, 0.15) is 27.7 Å². The molecule has 0 saturated carbocycles. The van der Waals surface area contributed by atoms with Crippen LogP contribution in [0.3, 0.4) is 0 Å². The van der Waals surface area contributed by atoms with E-state index in [0.29, 0.717) is 10.7 Å². The molecule has 1 aliphatic rings. The van der Waals surface area contributed by atoms with Gasteiger partial charge in [-0.15, -0.1) is 11.3 Å². The smallest absolute Gasteiger partial charge is 0.301 e. The lowest BCUT2D eigenvalue weighted by atomic mass is 9.95. The highest BCUT2D eigenvalue weighted by Crippen LogP contribution is 2.43. The van der Waals surface area contributed by atoms with Crippen LogP contribution >= 0.6 is 11.3 Å². The summed E-state index contributed by atoms with van der Waals surface area (Å²) in [6.45, 7) is 3.79. The summed E-state index contributed by atoms with van der Waals surface area (Å²) in [5, 5.41) is 11.4. The number of rotatable bonds is 3. The average molecular weight is 390 g/mol. The summed E-state index contributed by atoms with van der Waals surface area (Å²) in [6.07, 6.45) is 0. The molecular weight excluding hydrogens is 372 g/mol. The van der Waals surface area contributed by atoms with E-state index in [9.17, 15) is 14.7 Å². The highest BCUT2D eigenvalue weighted by Gasteiger charge is 2.48. The predicted molar refractivity (Wildman–Crippen MR) is 109 cm³/mol. The van der Waals surface area contributed by atoms with Gasteiger partial charge in [0.2, 0.25) is 0 Å². The van der Waals surface area contributed by atoms with Gasteiger partial charge in [0.25, 0.3) is 5.78 Å². The number of benzene rings is 2. The maximum absolute atomic E-state index is 13.0. The zero-order valence-electron chi connectivity index (χ0n) is 15.4. The first kappa shape index (κ1) is 18.1. The van der Waals surface area contributed by atoms with Crippen molar-refractivity contribution >= 4 is 33.9 Å². The Morgan fingerprint density at radius 2 is 1.61 bits per heavy atom. The molecule has 2 aromatic carbocycles. The van der Waals surface area contributed by atoms with Crippen molar-refractivity contribution in [1.29, 1.82) is 0 Å². The Hall–Kier alpha value is -3.25. The van der Waals surface area contributed by atoms with Gasteiger partial charge >= 0.3 is 5.91 Å². The molecule has 1 fully saturated rings. The van der Waals surface area contributed by atoms with E-state index in [2.05, 4.69) is 4.98 Å². The molecule has 0 bridgehead atoms. The van der Waals surface area contributed by atoms with Crippen LogP contribution in [-0.4, -0.2) is 21.8 Å². The Kier molecular flexibility index (Phi) is 4.57. The van der Waals surface area contributed by atoms with Crippen LogP contribution in [0, 0.1) is 13.8 Å². The van der Waals surface area contributed by atoms with E-state index >= 15 is 0 Å². The topological polar surface area (TPSA) is 70.5 Å². The maximum Gasteiger partial charge on any atom is 0.301 e. The van der Waals surface area contributed by atoms with E-state index < -0.39 is 17.7 Å². The molecule has 5 nitrogen and oxygen atoms in total. The van der Waals surface area contributed by atoms with Gasteiger partial charge in [-0.1, -0.05) is 60.7 Å². The van der Waals surface area contributed by atoms with Gasteiger partial charge < -0.3 is 5.11 Å². The second-order valence-electron chi connectivity index (χ2n) is 6.58. The highest BCUT2D eigenvalue weighted by molar-refractivity contribution is 7.16. The fourth-order valence-electron chi connectivity index (χ4n) is 3.29. The zero-order chi connectivity index (χ0) is 19.8. The number of ketones is 1. The van der Waals surface area contributed by atoms with Gasteiger partial charge in [-0.25, -0.2) is 4.98 Å². The number of carbonyl (C=O) groups excluding carboxylic acids is 2. The number of aromatic nitrogens is 1. The number of carbonyl (C=O) groups is 2. The monoisotopic (exact) mass is 390 g/mol. The lowest BCUT2D eigenvalue weighted by Crippen LogP contribution is -2.29. The number of nitrogens with zero attached hydrogens (tertiary/aromatic N) is 2. The number of anilines is 1. The zero-order valence-corrected chi connectivity index (χ0v) is 16.2. The van der Waals surface area contributed by atoms with Crippen LogP contribution in [0.15, 0.2) is 66.2 Å². The second-order valence-corrected chi connectivity index (χ2v) is 7.77. The quantitative estimate of drug-likeness (QED) is 0.409. The number of thiazole rings is 1. The summed E-state index contributed by atoms with van der Waals surface area (Å²) in [4.78, 5) is 32.8. The largest absolute Gasteiger partial charge is 0.507 e. The third-order valence-corrected chi connectivity index (χ3v) is 5.90. The van der Waals surface area contributed by atoms with E-state index in [1.54, 1.807) is 24.3 Å². The van der Waals surface area contributed by atoms with Crippen molar-refractivity contribution in [2.24, 2.45) is 0 Å². The Morgan fingerprint density at radius 1 is 1.00 bits per heavy atom. The van der Waals surface area contributed by atoms with Crippen LogP contribution in [0.2, 0.25) is 0 Å². The van der Waals surface area contributed by atoms with Gasteiger partial charge in [0.05, 0.1) is 17.3 Å². The minimum absolute atomic E-state index is 0.0768. The molecule has 1 atom stereocenters. The SMILES string of the molecule is Cc1nc(N2C(=O)C(=O)C(=C(O)c3ccccc3)C2c2ccccc2)sc1C. The Bertz CT molecular complexity index is 1070. The van der Waals surface area contributed by atoms with E-state index in [0.717, 1.165) is 16.1 Å². The molecule has 1 amide bonds. The molecule has 6 heteroatoms. The Balaban J connectivity index is 1.95. The van der Waals surface area contributed by atoms with E-state index in [4.69, 9.17) is 0 Å². The molecule has 0 radical (unpaired) electrons. The van der Waals surface area contributed by atoms with Gasteiger partial charge in [-0.05, 0) is 19.4 Å². The van der Waals surface area contributed by atoms with Crippen molar-refractivity contribution in [3.05, 3.63) is 87.9 Å². The van der Waals surface area contributed by atoms with Crippen LogP contribution in [0.25, 0.3) is 5.76 Å². The number of aliphatic hydroxyl groups excluding tert-OH is 1. The molecule has 28 heavy (non-hydrogen) atoms. The van der Waals surface area contributed by atoms with E-state index in [-0.39, 0.29) is 11.3 Å². The first-order valence-corrected chi connectivity index (χ1v) is 9.66. The standard InChI is InChI=1S/C22H18N2O3S/c1-13-14(2)28-22(23-13)24-18(15-9-5-3-6-10-15)17(20(26)21(24)27)19(25)16-11-7-4-8-12-16/h3-12,18,25H,1-2H3. The fourth-order valence-corrected chi connectivity index (χ4v) is 4.23. The normalized spacial score (nSPS) is 18.6. The lowest BCUT2D eigenvalue weighted by Gasteiger charge is -2.22. The summed E-state index contributed by atoms with van der Waals surface area (Å²) < 4.78 is 0. The molecule has 0 aliphatic carbocycles. The van der Waals surface area contributed by atoms with Crippen LogP contribution in [0.4, 0.5) is 5.13 Å². The predicted octanol–water partition coefficient (Wildman–Crippen LogP) is 4.39. The number of hydrogen-bond donors (Lipinski definition) is 1. The second kappa shape index (κ2) is 7.05. The van der Waals surface area contributed by atoms with Crippen molar-refractivity contribution in [3.63, 3.8) is 0 Å². The minimum Gasteiger partial charge on any atom is -0.507 e. The Labute approximate surface area is 166 Å². The summed E-state index contributed by atoms with van der Waals surface area (Å²) >= 11 is 1.36. The number of Topliss-reactive ketones (excluding diaryl/α,β-unsaturated/α-hetero) is 1. The molecule has 1 saturated heterocycles. The molecule has 1 N–H and O–H groups in total. The third-order valence-electron chi connectivity index (χ3n) is 4.83. The lowest BCUT2D eigenvalue weighted by molar-refractivity contribution is -0.132. The molecule has 3 aromatic rings. The van der Waals surface area contributed by atoms with Crippen molar-refractivity contribution in [3.8, 4) is 0 Å². The number of aryl methyl sites for hydroxylation is 2. The number of amides is 1. The molecule has 1 aliphatic heterocycles. The fraction of sp³-hybridized carbons (Fsp3) is 0.136. The van der Waals surface area contributed by atoms with E-state index in [1.807, 2.05) is 50.2 Å². The third kappa shape index (κ3) is 2.92. The maximum atomic E-state index is 13.0. The van der Waals surface area contributed by atoms with Crippen LogP contribution in [0.5, 0.6) is 0 Å². The summed E-state index contributed by atoms with van der Waals surface area (Å²) in [5.74, 6) is -1.57. The molecule has 140 valence electrons. The molecule has 1 unspecified atom stereocenters. The highest BCUT2D eigenvalue weighted by atomic mass is 32.1. The van der Waals surface area contributed by atoms with Gasteiger partial charge in [0.15, 0.2) is 5.13 Å². The van der Waals surface area contributed by atoms with Crippen LogP contribution < -0.4 is 4.90 Å². The number of aliphatic hydroxyl groups is 1. The van der Waals surface area contributed by atoms with Crippen molar-refractivity contribution in [2.75, 3.05) is 4.90 Å². The molecule has 1 aromatic heterocycles. The van der Waals surface area contributed by atoms with Gasteiger partial charge in [0.1, 0.15) is 5.76 Å². The van der Waals surface area contributed by atoms with Crippen molar-refractivity contribution in [1.82, 2.24) is 4.98 Å². The first-order valence-electron chi connectivity index (χ1n) is 8.84. The van der Waals surface area contributed by atoms with Crippen molar-refractivity contribution in [2.45, 2.75) is 19.9 Å². The summed E-state index contributed by atoms with van der Waals surface area (Å²) in [5.41, 5.74) is 2.13.